The van der Waals surface area contributed by atoms with Gasteiger partial charge in [0, 0.05) is 19.6 Å². The average Bonchev–Trinajstić information content (AvgIpc) is 2.72. The van der Waals surface area contributed by atoms with Crippen molar-refractivity contribution in [2.24, 2.45) is 5.73 Å². The van der Waals surface area contributed by atoms with Crippen molar-refractivity contribution in [2.75, 3.05) is 19.6 Å². The quantitative estimate of drug-likeness (QED) is 0.825. The molecule has 4 nitrogen and oxygen atoms in total. The number of likely N-dealkylation sites (tertiary alicyclic amines) is 1. The normalized spacial score (nSPS) is 44.7. The molecule has 3 fully saturated rings. The lowest BCUT2D eigenvalue weighted by Gasteiger charge is -2.50. The monoisotopic (exact) mass is 268 g/mol. The second-order valence-electron chi connectivity index (χ2n) is 7.65. The predicted octanol–water partition coefficient (Wildman–Crippen LogP) is 1.52. The van der Waals surface area contributed by atoms with Crippen LogP contribution in [0.1, 0.15) is 47.0 Å². The molecule has 0 spiro atoms. The maximum atomic E-state index is 6.32. The fourth-order valence-electron chi connectivity index (χ4n) is 4.64. The lowest BCUT2D eigenvalue weighted by Crippen LogP contribution is -2.66. The third-order valence-corrected chi connectivity index (χ3v) is 5.36. The molecule has 3 unspecified atom stereocenters. The summed E-state index contributed by atoms with van der Waals surface area (Å²) in [5, 5.41) is 0. The van der Waals surface area contributed by atoms with Crippen LogP contribution in [0.3, 0.4) is 0 Å². The van der Waals surface area contributed by atoms with E-state index in [0.717, 1.165) is 19.5 Å². The van der Waals surface area contributed by atoms with Crippen LogP contribution in [0.5, 0.6) is 0 Å². The van der Waals surface area contributed by atoms with Gasteiger partial charge in [-0.1, -0.05) is 0 Å². The number of ether oxygens (including phenoxy) is 2. The first-order chi connectivity index (χ1) is 8.78. The highest BCUT2D eigenvalue weighted by Crippen LogP contribution is 2.49. The van der Waals surface area contributed by atoms with E-state index in [0.29, 0.717) is 18.8 Å². The molecule has 3 heterocycles. The Hall–Kier alpha value is -0.160. The van der Waals surface area contributed by atoms with Crippen molar-refractivity contribution in [3.8, 4) is 0 Å². The maximum Gasteiger partial charge on any atom is 0.0830 e. The molecule has 3 saturated heterocycles. The van der Waals surface area contributed by atoms with Gasteiger partial charge in [0.05, 0.1) is 28.9 Å². The molecule has 0 saturated carbocycles. The van der Waals surface area contributed by atoms with Gasteiger partial charge in [0.1, 0.15) is 0 Å². The number of nitrogens with two attached hydrogens (primary N) is 1. The van der Waals surface area contributed by atoms with Crippen LogP contribution in [0.4, 0.5) is 0 Å². The first kappa shape index (κ1) is 13.8. The lowest BCUT2D eigenvalue weighted by atomic mass is 9.77. The van der Waals surface area contributed by atoms with E-state index in [-0.39, 0.29) is 16.7 Å². The smallest absolute Gasteiger partial charge is 0.0830 e. The molecule has 0 amide bonds. The molecular weight excluding hydrogens is 240 g/mol. The van der Waals surface area contributed by atoms with Gasteiger partial charge in [-0.05, 0) is 47.0 Å². The number of fused-ring (bicyclic) bond motifs is 2. The van der Waals surface area contributed by atoms with Gasteiger partial charge in [-0.15, -0.1) is 0 Å². The maximum absolute atomic E-state index is 6.32. The predicted molar refractivity (Wildman–Crippen MR) is 75.1 cm³/mol. The minimum Gasteiger partial charge on any atom is -0.372 e. The minimum atomic E-state index is -0.206. The topological polar surface area (TPSA) is 47.7 Å². The Morgan fingerprint density at radius 3 is 2.11 bits per heavy atom. The van der Waals surface area contributed by atoms with Gasteiger partial charge in [0.2, 0.25) is 0 Å². The fourth-order valence-corrected chi connectivity index (χ4v) is 4.64. The van der Waals surface area contributed by atoms with Crippen molar-refractivity contribution in [3.05, 3.63) is 0 Å². The molecule has 3 atom stereocenters. The fraction of sp³-hybridized carbons (Fsp3) is 1.00. The zero-order chi connectivity index (χ0) is 13.9. The van der Waals surface area contributed by atoms with Crippen molar-refractivity contribution >= 4 is 0 Å². The molecule has 2 bridgehead atoms. The lowest BCUT2D eigenvalue weighted by molar-refractivity contribution is -0.133. The van der Waals surface area contributed by atoms with Crippen LogP contribution >= 0.6 is 0 Å². The standard InChI is InChI=1S/C15H28N2O2/c1-13(2)9-15(10-16,14(3,4)19-13)17-7-11-5-6-12(8-17)18-11/h11-12H,5-10,16H2,1-4H3. The summed E-state index contributed by atoms with van der Waals surface area (Å²) in [6.07, 6.45) is 4.21. The van der Waals surface area contributed by atoms with E-state index in [1.807, 2.05) is 0 Å². The molecule has 2 N–H and O–H groups in total. The van der Waals surface area contributed by atoms with Gasteiger partial charge >= 0.3 is 0 Å². The summed E-state index contributed by atoms with van der Waals surface area (Å²) in [6.45, 7) is 11.4. The van der Waals surface area contributed by atoms with Crippen LogP contribution in [-0.4, -0.2) is 53.5 Å². The highest BCUT2D eigenvalue weighted by Gasteiger charge is 2.60. The Labute approximate surface area is 116 Å². The molecule has 0 aliphatic carbocycles. The summed E-state index contributed by atoms with van der Waals surface area (Å²) < 4.78 is 12.3. The summed E-state index contributed by atoms with van der Waals surface area (Å²) in [6, 6.07) is 0. The van der Waals surface area contributed by atoms with Gasteiger partial charge in [-0.3, -0.25) is 4.90 Å². The minimum absolute atomic E-state index is 0.0544. The van der Waals surface area contributed by atoms with Gasteiger partial charge in [-0.25, -0.2) is 0 Å². The largest absolute Gasteiger partial charge is 0.372 e. The van der Waals surface area contributed by atoms with Crippen LogP contribution in [0.25, 0.3) is 0 Å². The van der Waals surface area contributed by atoms with E-state index in [9.17, 15) is 0 Å². The molecule has 4 heteroatoms. The summed E-state index contributed by atoms with van der Waals surface area (Å²) in [4.78, 5) is 2.58. The average molecular weight is 268 g/mol. The van der Waals surface area contributed by atoms with Crippen molar-refractivity contribution < 1.29 is 9.47 Å². The molecule has 3 aliphatic rings. The Bertz CT molecular complexity index is 357. The van der Waals surface area contributed by atoms with Crippen LogP contribution in [-0.2, 0) is 9.47 Å². The summed E-state index contributed by atoms with van der Waals surface area (Å²) >= 11 is 0. The molecule has 0 aromatic heterocycles. The Balaban J connectivity index is 1.91. The number of nitrogens with zero attached hydrogens (tertiary/aromatic N) is 1. The van der Waals surface area contributed by atoms with Crippen LogP contribution in [0, 0.1) is 0 Å². The highest BCUT2D eigenvalue weighted by molar-refractivity contribution is 5.14. The first-order valence-electron chi connectivity index (χ1n) is 7.59. The number of rotatable bonds is 2. The molecule has 0 radical (unpaired) electrons. The molecule has 3 rings (SSSR count). The molecular formula is C15H28N2O2. The van der Waals surface area contributed by atoms with Crippen molar-refractivity contribution in [1.29, 1.82) is 0 Å². The zero-order valence-corrected chi connectivity index (χ0v) is 12.7. The zero-order valence-electron chi connectivity index (χ0n) is 12.7. The van der Waals surface area contributed by atoms with Crippen molar-refractivity contribution in [1.82, 2.24) is 4.90 Å². The van der Waals surface area contributed by atoms with Crippen molar-refractivity contribution in [2.45, 2.75) is 75.9 Å². The van der Waals surface area contributed by atoms with Crippen molar-refractivity contribution in [3.63, 3.8) is 0 Å². The highest BCUT2D eigenvalue weighted by atomic mass is 16.5. The Kier molecular flexibility index (Phi) is 3.03. The summed E-state index contributed by atoms with van der Waals surface area (Å²) in [7, 11) is 0. The van der Waals surface area contributed by atoms with E-state index in [2.05, 4.69) is 32.6 Å². The van der Waals surface area contributed by atoms with Crippen LogP contribution in [0.2, 0.25) is 0 Å². The van der Waals surface area contributed by atoms with E-state index in [4.69, 9.17) is 15.2 Å². The van der Waals surface area contributed by atoms with E-state index in [1.165, 1.54) is 12.8 Å². The van der Waals surface area contributed by atoms with E-state index in [1.54, 1.807) is 0 Å². The van der Waals surface area contributed by atoms with Gasteiger partial charge < -0.3 is 15.2 Å². The number of hydrogen-bond acceptors (Lipinski definition) is 4. The molecule has 0 aromatic rings. The van der Waals surface area contributed by atoms with E-state index >= 15 is 0 Å². The second kappa shape index (κ2) is 4.17. The number of morpholine rings is 1. The molecule has 19 heavy (non-hydrogen) atoms. The third kappa shape index (κ3) is 2.04. The number of hydrogen-bond donors (Lipinski definition) is 1. The SMILES string of the molecule is CC1(C)CC(CN)(N2CC3CCC(C2)O3)C(C)(C)O1. The Morgan fingerprint density at radius 1 is 1.11 bits per heavy atom. The molecule has 0 aromatic carbocycles. The third-order valence-electron chi connectivity index (χ3n) is 5.36. The summed E-state index contributed by atoms with van der Waals surface area (Å²) in [5.41, 5.74) is 5.89. The molecule has 110 valence electrons. The molecule has 3 aliphatic heterocycles. The van der Waals surface area contributed by atoms with Gasteiger partial charge in [0.15, 0.2) is 0 Å². The first-order valence-corrected chi connectivity index (χ1v) is 7.59. The van der Waals surface area contributed by atoms with Crippen LogP contribution < -0.4 is 5.73 Å². The van der Waals surface area contributed by atoms with E-state index < -0.39 is 0 Å². The Morgan fingerprint density at radius 2 is 1.68 bits per heavy atom. The van der Waals surface area contributed by atoms with Gasteiger partial charge in [0.25, 0.3) is 0 Å². The second-order valence-corrected chi connectivity index (χ2v) is 7.65. The van der Waals surface area contributed by atoms with Gasteiger partial charge in [-0.2, -0.15) is 0 Å². The van der Waals surface area contributed by atoms with Crippen LogP contribution in [0.15, 0.2) is 0 Å². The summed E-state index contributed by atoms with van der Waals surface area (Å²) in [5.74, 6) is 0.